The fourth-order valence-electron chi connectivity index (χ4n) is 1.95. The van der Waals surface area contributed by atoms with Gasteiger partial charge in [-0.1, -0.05) is 0 Å². The first-order valence-electron chi connectivity index (χ1n) is 5.34. The van der Waals surface area contributed by atoms with E-state index in [2.05, 4.69) is 20.8 Å². The van der Waals surface area contributed by atoms with E-state index in [1.807, 2.05) is 13.0 Å². The van der Waals surface area contributed by atoms with Crippen LogP contribution >= 0.6 is 11.3 Å². The number of rotatable bonds is 1. The second-order valence-corrected chi connectivity index (χ2v) is 5.11. The summed E-state index contributed by atoms with van der Waals surface area (Å²) < 4.78 is 0.692. The monoisotopic (exact) mass is 248 g/mol. The Hall–Kier alpha value is -1.66. The molecule has 3 rings (SSSR count). The highest BCUT2D eigenvalue weighted by molar-refractivity contribution is 7.19. The highest BCUT2D eigenvalue weighted by Gasteiger charge is 2.16. The molecule has 5 nitrogen and oxygen atoms in total. The van der Waals surface area contributed by atoms with Gasteiger partial charge < -0.3 is 10.4 Å². The van der Waals surface area contributed by atoms with Crippen molar-refractivity contribution in [1.82, 2.24) is 20.8 Å². The van der Waals surface area contributed by atoms with Crippen LogP contribution in [-0.2, 0) is 0 Å². The Bertz CT molecular complexity index is 682. The van der Waals surface area contributed by atoms with Gasteiger partial charge in [0.15, 0.2) is 0 Å². The van der Waals surface area contributed by atoms with Gasteiger partial charge in [-0.25, -0.2) is 10.4 Å². The smallest absolute Gasteiger partial charge is 0.268 e. The van der Waals surface area contributed by atoms with Gasteiger partial charge >= 0.3 is 0 Å². The summed E-state index contributed by atoms with van der Waals surface area (Å²) in [5, 5.41) is 0. The molecular weight excluding hydrogens is 236 g/mol. The van der Waals surface area contributed by atoms with Crippen molar-refractivity contribution in [2.45, 2.75) is 13.8 Å². The van der Waals surface area contributed by atoms with Crippen LogP contribution < -0.4 is 16.4 Å². The zero-order valence-corrected chi connectivity index (χ0v) is 10.4. The lowest BCUT2D eigenvalue weighted by atomic mass is 10.2. The Morgan fingerprint density at radius 1 is 1.41 bits per heavy atom. The first-order chi connectivity index (χ1) is 8.15. The van der Waals surface area contributed by atoms with Gasteiger partial charge in [-0.05, 0) is 19.9 Å². The number of allylic oxidation sites excluding steroid dienone is 1. The van der Waals surface area contributed by atoms with Crippen LogP contribution in [0.25, 0.3) is 15.8 Å². The summed E-state index contributed by atoms with van der Waals surface area (Å²) in [7, 11) is 0. The summed E-state index contributed by atoms with van der Waals surface area (Å²) >= 11 is 1.49. The third kappa shape index (κ3) is 1.65. The lowest BCUT2D eigenvalue weighted by Gasteiger charge is -1.95. The normalized spacial score (nSPS) is 15.6. The quantitative estimate of drug-likeness (QED) is 0.707. The molecule has 0 amide bonds. The Labute approximate surface area is 102 Å². The molecule has 0 radical (unpaired) electrons. The van der Waals surface area contributed by atoms with Crippen molar-refractivity contribution in [3.8, 4) is 0 Å². The molecule has 17 heavy (non-hydrogen) atoms. The van der Waals surface area contributed by atoms with Crippen molar-refractivity contribution >= 4 is 27.1 Å². The standard InChI is InChI=1S/C11H12N4OS/c1-5-7(4-12-15-5)9-3-8-10(17-9)11(16)14-6(2)13-8/h3,12,15H,4H2,1-2H3,(H,13,14,16). The number of aromatic amines is 1. The molecule has 0 aromatic carbocycles. The van der Waals surface area contributed by atoms with Gasteiger partial charge in [0.25, 0.3) is 5.56 Å². The van der Waals surface area contributed by atoms with Gasteiger partial charge in [-0.15, -0.1) is 11.3 Å². The molecule has 0 saturated heterocycles. The van der Waals surface area contributed by atoms with Crippen LogP contribution in [0.3, 0.4) is 0 Å². The van der Waals surface area contributed by atoms with Crippen LogP contribution in [0.5, 0.6) is 0 Å². The number of nitrogens with one attached hydrogen (secondary N) is 3. The highest BCUT2D eigenvalue weighted by Crippen LogP contribution is 2.29. The maximum atomic E-state index is 11.8. The predicted molar refractivity (Wildman–Crippen MR) is 68.7 cm³/mol. The number of H-pyrrole nitrogens is 1. The molecule has 0 atom stereocenters. The molecular formula is C11H12N4OS. The van der Waals surface area contributed by atoms with Crippen LogP contribution in [0.1, 0.15) is 17.6 Å². The Morgan fingerprint density at radius 2 is 2.24 bits per heavy atom. The molecule has 3 heterocycles. The zero-order valence-electron chi connectivity index (χ0n) is 9.55. The van der Waals surface area contributed by atoms with Crippen LogP contribution in [0.4, 0.5) is 0 Å². The SMILES string of the molecule is CC1=C(c2cc3nc(C)[nH]c(=O)c3s2)CNN1. The van der Waals surface area contributed by atoms with Crippen LogP contribution in [-0.4, -0.2) is 16.5 Å². The third-order valence-electron chi connectivity index (χ3n) is 2.79. The molecule has 88 valence electrons. The first-order valence-corrected chi connectivity index (χ1v) is 6.16. The molecule has 0 aliphatic carbocycles. The number of aryl methyl sites for hydroxylation is 1. The fraction of sp³-hybridized carbons (Fsp3) is 0.273. The summed E-state index contributed by atoms with van der Waals surface area (Å²) in [6.07, 6.45) is 0. The van der Waals surface area contributed by atoms with Gasteiger partial charge in [0.1, 0.15) is 10.5 Å². The molecule has 2 aromatic heterocycles. The van der Waals surface area contributed by atoms with Crippen LogP contribution in [0.15, 0.2) is 16.6 Å². The minimum atomic E-state index is -0.0547. The summed E-state index contributed by atoms with van der Waals surface area (Å²) in [4.78, 5) is 19.9. The summed E-state index contributed by atoms with van der Waals surface area (Å²) in [6.45, 7) is 4.58. The fourth-order valence-corrected chi connectivity index (χ4v) is 3.04. The molecule has 6 heteroatoms. The van der Waals surface area contributed by atoms with E-state index in [9.17, 15) is 4.79 Å². The average Bonchev–Trinajstić information content (AvgIpc) is 2.83. The third-order valence-corrected chi connectivity index (χ3v) is 3.98. The van der Waals surface area contributed by atoms with E-state index in [-0.39, 0.29) is 5.56 Å². The Morgan fingerprint density at radius 3 is 2.94 bits per heavy atom. The largest absolute Gasteiger partial charge is 0.325 e. The molecule has 1 aliphatic heterocycles. The molecule has 3 N–H and O–H groups in total. The van der Waals surface area contributed by atoms with Crippen molar-refractivity contribution in [2.75, 3.05) is 6.54 Å². The summed E-state index contributed by atoms with van der Waals surface area (Å²) in [6, 6.07) is 1.98. The molecule has 2 aromatic rings. The van der Waals surface area contributed by atoms with Crippen molar-refractivity contribution in [1.29, 1.82) is 0 Å². The van der Waals surface area contributed by atoms with E-state index >= 15 is 0 Å². The maximum Gasteiger partial charge on any atom is 0.268 e. The van der Waals surface area contributed by atoms with E-state index < -0.39 is 0 Å². The molecule has 0 spiro atoms. The zero-order chi connectivity index (χ0) is 12.0. The second-order valence-electron chi connectivity index (χ2n) is 4.06. The van der Waals surface area contributed by atoms with Gasteiger partial charge in [-0.3, -0.25) is 4.79 Å². The van der Waals surface area contributed by atoms with Gasteiger partial charge in [0.05, 0.1) is 5.52 Å². The number of thiophene rings is 1. The van der Waals surface area contributed by atoms with Crippen molar-refractivity contribution in [3.63, 3.8) is 0 Å². The first kappa shape index (κ1) is 10.5. The maximum absolute atomic E-state index is 11.8. The topological polar surface area (TPSA) is 69.8 Å². The predicted octanol–water partition coefficient (Wildman–Crippen LogP) is 1.13. The average molecular weight is 248 g/mol. The van der Waals surface area contributed by atoms with Gasteiger partial charge in [0, 0.05) is 22.7 Å². The molecule has 0 bridgehead atoms. The van der Waals surface area contributed by atoms with Crippen LogP contribution in [0, 0.1) is 6.92 Å². The molecule has 0 fully saturated rings. The van der Waals surface area contributed by atoms with E-state index in [1.165, 1.54) is 16.9 Å². The number of fused-ring (bicyclic) bond motifs is 1. The van der Waals surface area contributed by atoms with Crippen molar-refractivity contribution in [3.05, 3.63) is 32.8 Å². The van der Waals surface area contributed by atoms with Gasteiger partial charge in [-0.2, -0.15) is 0 Å². The van der Waals surface area contributed by atoms with Gasteiger partial charge in [0.2, 0.25) is 0 Å². The summed E-state index contributed by atoms with van der Waals surface area (Å²) in [5.74, 6) is 0.653. The van der Waals surface area contributed by atoms with E-state index in [0.717, 1.165) is 22.6 Å². The number of nitrogens with zero attached hydrogens (tertiary/aromatic N) is 1. The second kappa shape index (κ2) is 3.68. The molecule has 0 unspecified atom stereocenters. The van der Waals surface area contributed by atoms with Crippen molar-refractivity contribution in [2.24, 2.45) is 0 Å². The van der Waals surface area contributed by atoms with E-state index in [1.54, 1.807) is 6.92 Å². The van der Waals surface area contributed by atoms with Crippen molar-refractivity contribution < 1.29 is 0 Å². The minimum Gasteiger partial charge on any atom is -0.325 e. The Balaban J connectivity index is 2.24. The highest BCUT2D eigenvalue weighted by atomic mass is 32.1. The lowest BCUT2D eigenvalue weighted by Crippen LogP contribution is -2.22. The molecule has 1 aliphatic rings. The number of hydrogen-bond donors (Lipinski definition) is 3. The number of hydrogen-bond acceptors (Lipinski definition) is 5. The van der Waals surface area contributed by atoms with E-state index in [0.29, 0.717) is 10.5 Å². The molecule has 0 saturated carbocycles. The number of hydrazine groups is 1. The van der Waals surface area contributed by atoms with E-state index in [4.69, 9.17) is 0 Å². The van der Waals surface area contributed by atoms with Crippen LogP contribution in [0.2, 0.25) is 0 Å². The Kier molecular flexibility index (Phi) is 2.27. The minimum absolute atomic E-state index is 0.0547. The lowest BCUT2D eigenvalue weighted by molar-refractivity contribution is 0.701. The number of aromatic nitrogens is 2. The summed E-state index contributed by atoms with van der Waals surface area (Å²) in [5.41, 5.74) is 9.16.